The van der Waals surface area contributed by atoms with Gasteiger partial charge in [-0.2, -0.15) is 5.10 Å². The summed E-state index contributed by atoms with van der Waals surface area (Å²) in [5.74, 6) is 0. The minimum absolute atomic E-state index is 0.317. The van der Waals surface area contributed by atoms with Gasteiger partial charge >= 0.3 is 0 Å². The molecule has 1 heterocycles. The Labute approximate surface area is 76.3 Å². The first-order valence-electron chi connectivity index (χ1n) is 2.83. The van der Waals surface area contributed by atoms with Crippen molar-refractivity contribution in [2.45, 2.75) is 11.8 Å². The van der Waals surface area contributed by atoms with E-state index in [-0.39, 0.29) is 0 Å². The minimum Gasteiger partial charge on any atom is -0.158 e. The van der Waals surface area contributed by atoms with Gasteiger partial charge in [0.1, 0.15) is 4.60 Å². The molecule has 1 unspecified atom stereocenters. The molecule has 4 heteroatoms. The lowest BCUT2D eigenvalue weighted by Crippen LogP contribution is -1.90. The zero-order valence-electron chi connectivity index (χ0n) is 5.38. The molecule has 1 rings (SSSR count). The zero-order valence-corrected chi connectivity index (χ0v) is 8.55. The molecule has 0 amide bonds. The van der Waals surface area contributed by atoms with Crippen molar-refractivity contribution in [1.29, 1.82) is 0 Å². The fourth-order valence-corrected chi connectivity index (χ4v) is 1.86. The smallest absolute Gasteiger partial charge is 0.133 e. The van der Waals surface area contributed by atoms with Gasteiger partial charge in [-0.3, -0.25) is 0 Å². The van der Waals surface area contributed by atoms with Crippen molar-refractivity contribution in [1.82, 2.24) is 10.2 Å². The molecule has 0 bridgehead atoms. The number of rotatable bonds is 1. The molecule has 54 valence electrons. The Morgan fingerprint density at radius 3 is 2.70 bits per heavy atom. The van der Waals surface area contributed by atoms with Crippen molar-refractivity contribution in [2.75, 3.05) is 0 Å². The fraction of sp³-hybridized carbons (Fsp3) is 0.333. The first-order valence-corrected chi connectivity index (χ1v) is 4.54. The van der Waals surface area contributed by atoms with E-state index in [1.807, 2.05) is 13.0 Å². The molecular weight excluding hydrogens is 260 g/mol. The first-order chi connectivity index (χ1) is 4.72. The number of alkyl halides is 1. The van der Waals surface area contributed by atoms with Crippen LogP contribution in [0.1, 0.15) is 17.3 Å². The standard InChI is InChI=1S/C6H6Br2N2/c1-4(7)5-2-3-9-10-6(5)8/h2-4H,1H3. The summed E-state index contributed by atoms with van der Waals surface area (Å²) in [6.07, 6.45) is 1.68. The van der Waals surface area contributed by atoms with E-state index in [4.69, 9.17) is 0 Å². The highest BCUT2D eigenvalue weighted by Gasteiger charge is 2.04. The molecule has 0 aliphatic heterocycles. The van der Waals surface area contributed by atoms with Crippen LogP contribution < -0.4 is 0 Å². The van der Waals surface area contributed by atoms with Crippen LogP contribution in [0.25, 0.3) is 0 Å². The van der Waals surface area contributed by atoms with Crippen LogP contribution >= 0.6 is 31.9 Å². The molecule has 0 aliphatic rings. The monoisotopic (exact) mass is 264 g/mol. The van der Waals surface area contributed by atoms with E-state index in [2.05, 4.69) is 42.1 Å². The van der Waals surface area contributed by atoms with Crippen molar-refractivity contribution in [3.63, 3.8) is 0 Å². The molecule has 1 atom stereocenters. The van der Waals surface area contributed by atoms with E-state index in [1.165, 1.54) is 0 Å². The Balaban J connectivity index is 3.03. The lowest BCUT2D eigenvalue weighted by molar-refractivity contribution is 0.952. The molecule has 2 nitrogen and oxygen atoms in total. The minimum atomic E-state index is 0.317. The average Bonchev–Trinajstić information content (AvgIpc) is 1.88. The number of nitrogens with zero attached hydrogens (tertiary/aromatic N) is 2. The molecule has 1 aromatic heterocycles. The summed E-state index contributed by atoms with van der Waals surface area (Å²) in [7, 11) is 0. The van der Waals surface area contributed by atoms with Crippen LogP contribution in [0.3, 0.4) is 0 Å². The van der Waals surface area contributed by atoms with E-state index in [0.29, 0.717) is 4.83 Å². The Morgan fingerprint density at radius 2 is 2.30 bits per heavy atom. The third kappa shape index (κ3) is 1.76. The van der Waals surface area contributed by atoms with Gasteiger partial charge in [0, 0.05) is 16.6 Å². The molecule has 10 heavy (non-hydrogen) atoms. The lowest BCUT2D eigenvalue weighted by atomic mass is 10.2. The largest absolute Gasteiger partial charge is 0.158 e. The maximum atomic E-state index is 3.84. The Bertz CT molecular complexity index is 225. The van der Waals surface area contributed by atoms with Crippen molar-refractivity contribution >= 4 is 31.9 Å². The molecule has 0 spiro atoms. The molecule has 0 saturated heterocycles. The van der Waals surface area contributed by atoms with Crippen LogP contribution in [0.5, 0.6) is 0 Å². The van der Waals surface area contributed by atoms with Crippen LogP contribution in [0, 0.1) is 0 Å². The Morgan fingerprint density at radius 1 is 1.60 bits per heavy atom. The molecule has 0 aromatic carbocycles. The highest BCUT2D eigenvalue weighted by Crippen LogP contribution is 2.26. The van der Waals surface area contributed by atoms with E-state index in [9.17, 15) is 0 Å². The molecule has 0 radical (unpaired) electrons. The first kappa shape index (κ1) is 8.14. The molecule has 0 fully saturated rings. The van der Waals surface area contributed by atoms with Gasteiger partial charge in [-0.05, 0) is 28.9 Å². The number of hydrogen-bond acceptors (Lipinski definition) is 2. The number of halogens is 2. The molecule has 0 N–H and O–H groups in total. The lowest BCUT2D eigenvalue weighted by Gasteiger charge is -2.02. The van der Waals surface area contributed by atoms with E-state index in [0.717, 1.165) is 10.2 Å². The van der Waals surface area contributed by atoms with Crippen molar-refractivity contribution in [2.24, 2.45) is 0 Å². The van der Waals surface area contributed by atoms with Gasteiger partial charge in [-0.1, -0.05) is 15.9 Å². The highest BCUT2D eigenvalue weighted by atomic mass is 79.9. The second kappa shape index (κ2) is 3.44. The SMILES string of the molecule is CC(Br)c1ccnnc1Br. The van der Waals surface area contributed by atoms with Crippen LogP contribution in [0.15, 0.2) is 16.9 Å². The Hall–Kier alpha value is 0.0400. The van der Waals surface area contributed by atoms with Crippen LogP contribution in [-0.2, 0) is 0 Å². The van der Waals surface area contributed by atoms with Gasteiger partial charge in [0.15, 0.2) is 0 Å². The van der Waals surface area contributed by atoms with Gasteiger partial charge in [-0.15, -0.1) is 5.10 Å². The number of aromatic nitrogens is 2. The average molecular weight is 266 g/mol. The Kier molecular flexibility index (Phi) is 2.80. The molecular formula is C6H6Br2N2. The normalized spacial score (nSPS) is 13.1. The summed E-state index contributed by atoms with van der Waals surface area (Å²) in [5.41, 5.74) is 1.12. The van der Waals surface area contributed by atoms with Crippen molar-refractivity contribution in [3.8, 4) is 0 Å². The number of hydrogen-bond donors (Lipinski definition) is 0. The topological polar surface area (TPSA) is 25.8 Å². The maximum absolute atomic E-state index is 3.84. The molecule has 1 aromatic rings. The van der Waals surface area contributed by atoms with Crippen molar-refractivity contribution < 1.29 is 0 Å². The second-order valence-corrected chi connectivity index (χ2v) is 4.02. The van der Waals surface area contributed by atoms with Gasteiger partial charge in [-0.25, -0.2) is 0 Å². The van der Waals surface area contributed by atoms with E-state index < -0.39 is 0 Å². The molecule has 0 aliphatic carbocycles. The third-order valence-corrected chi connectivity index (χ3v) is 2.24. The van der Waals surface area contributed by atoms with Crippen LogP contribution in [0.4, 0.5) is 0 Å². The maximum Gasteiger partial charge on any atom is 0.133 e. The summed E-state index contributed by atoms with van der Waals surface area (Å²) < 4.78 is 0.805. The quantitative estimate of drug-likeness (QED) is 0.730. The zero-order chi connectivity index (χ0) is 7.56. The summed E-state index contributed by atoms with van der Waals surface area (Å²) in [5, 5.41) is 7.55. The van der Waals surface area contributed by atoms with Gasteiger partial charge in [0.25, 0.3) is 0 Å². The van der Waals surface area contributed by atoms with Crippen LogP contribution in [0.2, 0.25) is 0 Å². The molecule has 0 saturated carbocycles. The summed E-state index contributed by atoms with van der Waals surface area (Å²) in [6, 6.07) is 1.93. The van der Waals surface area contributed by atoms with Gasteiger partial charge in [0.05, 0.1) is 0 Å². The third-order valence-electron chi connectivity index (χ3n) is 1.13. The predicted octanol–water partition coefficient (Wildman–Crippen LogP) is 2.70. The second-order valence-electron chi connectivity index (χ2n) is 1.89. The summed E-state index contributed by atoms with van der Waals surface area (Å²) >= 11 is 6.73. The van der Waals surface area contributed by atoms with E-state index in [1.54, 1.807) is 6.20 Å². The van der Waals surface area contributed by atoms with Gasteiger partial charge in [0.2, 0.25) is 0 Å². The van der Waals surface area contributed by atoms with Crippen molar-refractivity contribution in [3.05, 3.63) is 22.4 Å². The summed E-state index contributed by atoms with van der Waals surface area (Å²) in [6.45, 7) is 2.04. The van der Waals surface area contributed by atoms with E-state index >= 15 is 0 Å². The van der Waals surface area contributed by atoms with Crippen LogP contribution in [-0.4, -0.2) is 10.2 Å². The summed E-state index contributed by atoms with van der Waals surface area (Å²) in [4.78, 5) is 0.317. The van der Waals surface area contributed by atoms with Gasteiger partial charge < -0.3 is 0 Å². The predicted molar refractivity (Wildman–Crippen MR) is 47.1 cm³/mol. The highest BCUT2D eigenvalue weighted by molar-refractivity contribution is 9.10. The fourth-order valence-electron chi connectivity index (χ4n) is 0.621.